The van der Waals surface area contributed by atoms with Gasteiger partial charge in [0.05, 0.1) is 12.5 Å². The van der Waals surface area contributed by atoms with Crippen LogP contribution >= 0.6 is 0 Å². The Morgan fingerprint density at radius 2 is 2.12 bits per heavy atom. The van der Waals surface area contributed by atoms with E-state index in [9.17, 15) is 9.59 Å². The first kappa shape index (κ1) is 16.6. The summed E-state index contributed by atoms with van der Waals surface area (Å²) < 4.78 is 10.7. The second-order valence-electron chi connectivity index (χ2n) is 6.22. The van der Waals surface area contributed by atoms with E-state index in [0.717, 1.165) is 30.0 Å². The molecule has 2 amide bonds. The third kappa shape index (κ3) is 3.62. The van der Waals surface area contributed by atoms with Crippen LogP contribution in [0, 0.1) is 5.92 Å². The van der Waals surface area contributed by atoms with Crippen molar-refractivity contribution in [1.82, 2.24) is 9.80 Å². The van der Waals surface area contributed by atoms with Crippen LogP contribution in [0.15, 0.2) is 18.2 Å². The van der Waals surface area contributed by atoms with Crippen LogP contribution in [-0.4, -0.2) is 54.6 Å². The number of hydrogen-bond donors (Lipinski definition) is 1. The van der Waals surface area contributed by atoms with Crippen molar-refractivity contribution >= 4 is 11.8 Å². The topological polar surface area (TPSA) is 85.1 Å². The van der Waals surface area contributed by atoms with Crippen LogP contribution in [0.1, 0.15) is 18.9 Å². The van der Waals surface area contributed by atoms with E-state index < -0.39 is 0 Å². The summed E-state index contributed by atoms with van der Waals surface area (Å²) in [5.74, 6) is 1.10. The van der Waals surface area contributed by atoms with Crippen LogP contribution in [0.4, 0.5) is 0 Å². The van der Waals surface area contributed by atoms with Gasteiger partial charge >= 0.3 is 0 Å². The Morgan fingerprint density at radius 1 is 1.33 bits per heavy atom. The molecule has 24 heavy (non-hydrogen) atoms. The van der Waals surface area contributed by atoms with Crippen molar-refractivity contribution in [3.05, 3.63) is 23.8 Å². The summed E-state index contributed by atoms with van der Waals surface area (Å²) in [5, 5.41) is 0. The van der Waals surface area contributed by atoms with E-state index in [4.69, 9.17) is 15.2 Å². The zero-order valence-electron chi connectivity index (χ0n) is 13.9. The van der Waals surface area contributed by atoms with Crippen LogP contribution in [0.25, 0.3) is 0 Å². The number of carbonyl (C=O) groups excluding carboxylic acids is 2. The third-order valence-corrected chi connectivity index (χ3v) is 4.58. The molecule has 1 fully saturated rings. The Hall–Kier alpha value is -2.28. The molecule has 0 saturated carbocycles. The van der Waals surface area contributed by atoms with E-state index in [1.807, 2.05) is 30.0 Å². The summed E-state index contributed by atoms with van der Waals surface area (Å²) in [4.78, 5) is 27.6. The number of likely N-dealkylation sites (N-methyl/N-ethyl adjacent to an activating group) is 1. The Morgan fingerprint density at radius 3 is 2.83 bits per heavy atom. The number of hydrogen-bond acceptors (Lipinski definition) is 5. The molecular weight excluding hydrogens is 310 g/mol. The molecule has 3 rings (SSSR count). The summed E-state index contributed by atoms with van der Waals surface area (Å²) in [6.07, 6.45) is 0.733. The molecule has 0 unspecified atom stereocenters. The lowest BCUT2D eigenvalue weighted by atomic mass is 10.1. The highest BCUT2D eigenvalue weighted by atomic mass is 16.7. The predicted octanol–water partition coefficient (Wildman–Crippen LogP) is 0.571. The van der Waals surface area contributed by atoms with Gasteiger partial charge in [0.2, 0.25) is 18.6 Å². The van der Waals surface area contributed by atoms with Crippen molar-refractivity contribution in [1.29, 1.82) is 0 Å². The molecule has 2 N–H and O–H groups in total. The number of ether oxygens (including phenoxy) is 2. The van der Waals surface area contributed by atoms with Crippen LogP contribution in [0.2, 0.25) is 0 Å². The summed E-state index contributed by atoms with van der Waals surface area (Å²) in [7, 11) is 0. The van der Waals surface area contributed by atoms with Crippen molar-refractivity contribution in [2.45, 2.75) is 19.9 Å². The van der Waals surface area contributed by atoms with Crippen molar-refractivity contribution in [3.63, 3.8) is 0 Å². The highest BCUT2D eigenvalue weighted by Crippen LogP contribution is 2.32. The monoisotopic (exact) mass is 333 g/mol. The van der Waals surface area contributed by atoms with E-state index in [1.54, 1.807) is 4.90 Å². The van der Waals surface area contributed by atoms with Gasteiger partial charge in [0, 0.05) is 19.6 Å². The van der Waals surface area contributed by atoms with Gasteiger partial charge in [-0.3, -0.25) is 14.5 Å². The van der Waals surface area contributed by atoms with E-state index >= 15 is 0 Å². The Bertz CT molecular complexity index is 634. The Balaban J connectivity index is 1.57. The lowest BCUT2D eigenvalue weighted by Crippen LogP contribution is -2.39. The number of amides is 2. The van der Waals surface area contributed by atoms with E-state index in [1.165, 1.54) is 0 Å². The fraction of sp³-hybridized carbons (Fsp3) is 0.529. The highest BCUT2D eigenvalue weighted by molar-refractivity contribution is 5.79. The first-order valence-corrected chi connectivity index (χ1v) is 8.24. The first-order chi connectivity index (χ1) is 11.6. The minimum Gasteiger partial charge on any atom is -0.454 e. The molecule has 2 heterocycles. The number of fused-ring (bicyclic) bond motifs is 1. The number of nitrogens with zero attached hydrogens (tertiary/aromatic N) is 2. The molecule has 7 heteroatoms. The first-order valence-electron chi connectivity index (χ1n) is 8.24. The molecule has 130 valence electrons. The molecule has 1 saturated heterocycles. The van der Waals surface area contributed by atoms with Gasteiger partial charge in [0.15, 0.2) is 11.5 Å². The van der Waals surface area contributed by atoms with Gasteiger partial charge in [-0.05, 0) is 37.6 Å². The number of benzene rings is 1. The maximum Gasteiger partial charge on any atom is 0.237 e. The van der Waals surface area contributed by atoms with Crippen molar-refractivity contribution < 1.29 is 19.1 Å². The van der Waals surface area contributed by atoms with E-state index in [-0.39, 0.29) is 24.5 Å². The van der Waals surface area contributed by atoms with Gasteiger partial charge in [0.1, 0.15) is 0 Å². The fourth-order valence-electron chi connectivity index (χ4n) is 3.14. The fourth-order valence-corrected chi connectivity index (χ4v) is 3.14. The molecule has 7 nitrogen and oxygen atoms in total. The van der Waals surface area contributed by atoms with Crippen LogP contribution in [0.5, 0.6) is 11.5 Å². The van der Waals surface area contributed by atoms with Gasteiger partial charge in [-0.2, -0.15) is 0 Å². The standard InChI is InChI=1S/C17H23N3O4/c1-2-20(8-12-3-4-14-15(7-12)24-11-23-14)16(21)10-19-6-5-13(9-19)17(18)22/h3-4,7,13H,2,5-6,8-11H2,1H3,(H2,18,22)/t13-/m1/s1. The molecule has 2 aliphatic rings. The molecule has 1 atom stereocenters. The molecule has 1 aromatic rings. The second-order valence-corrected chi connectivity index (χ2v) is 6.22. The lowest BCUT2D eigenvalue weighted by Gasteiger charge is -2.24. The largest absolute Gasteiger partial charge is 0.454 e. The van der Waals surface area contributed by atoms with Crippen LogP contribution < -0.4 is 15.2 Å². The van der Waals surface area contributed by atoms with Gasteiger partial charge < -0.3 is 20.1 Å². The number of nitrogens with two attached hydrogens (primary N) is 1. The molecule has 0 radical (unpaired) electrons. The SMILES string of the molecule is CCN(Cc1ccc2c(c1)OCO2)C(=O)CN1CC[C@@H](C(N)=O)C1. The summed E-state index contributed by atoms with van der Waals surface area (Å²) in [5.41, 5.74) is 6.35. The average molecular weight is 333 g/mol. The third-order valence-electron chi connectivity index (χ3n) is 4.58. The quantitative estimate of drug-likeness (QED) is 0.823. The molecule has 1 aromatic carbocycles. The van der Waals surface area contributed by atoms with Gasteiger partial charge in [-0.1, -0.05) is 6.07 Å². The normalized spacial score (nSPS) is 19.5. The number of carbonyl (C=O) groups is 2. The van der Waals surface area contributed by atoms with E-state index in [0.29, 0.717) is 26.2 Å². The molecule has 0 aliphatic carbocycles. The van der Waals surface area contributed by atoms with Crippen molar-refractivity contribution in [2.75, 3.05) is 33.0 Å². The molecule has 0 bridgehead atoms. The number of likely N-dealkylation sites (tertiary alicyclic amines) is 1. The summed E-state index contributed by atoms with van der Waals surface area (Å²) >= 11 is 0. The van der Waals surface area contributed by atoms with Gasteiger partial charge in [-0.25, -0.2) is 0 Å². The maximum absolute atomic E-state index is 12.6. The van der Waals surface area contributed by atoms with Crippen LogP contribution in [0.3, 0.4) is 0 Å². The Labute approximate surface area is 141 Å². The zero-order chi connectivity index (χ0) is 17.1. The molecular formula is C17H23N3O4. The minimum atomic E-state index is -0.280. The average Bonchev–Trinajstić information content (AvgIpc) is 3.20. The maximum atomic E-state index is 12.6. The zero-order valence-corrected chi connectivity index (χ0v) is 13.9. The molecule has 0 spiro atoms. The smallest absolute Gasteiger partial charge is 0.237 e. The van der Waals surface area contributed by atoms with Crippen LogP contribution in [-0.2, 0) is 16.1 Å². The Kier molecular flexibility index (Phi) is 4.89. The predicted molar refractivity (Wildman–Crippen MR) is 87.4 cm³/mol. The highest BCUT2D eigenvalue weighted by Gasteiger charge is 2.28. The lowest BCUT2D eigenvalue weighted by molar-refractivity contribution is -0.133. The summed E-state index contributed by atoms with van der Waals surface area (Å²) in [6.45, 7) is 4.98. The second kappa shape index (κ2) is 7.09. The number of rotatable bonds is 6. The number of primary amides is 1. The molecule has 0 aromatic heterocycles. The van der Waals surface area contributed by atoms with Gasteiger partial charge in [-0.15, -0.1) is 0 Å². The minimum absolute atomic E-state index is 0.0558. The van der Waals surface area contributed by atoms with Crippen molar-refractivity contribution in [3.8, 4) is 11.5 Å². The molecule has 2 aliphatic heterocycles. The van der Waals surface area contributed by atoms with Crippen molar-refractivity contribution in [2.24, 2.45) is 11.7 Å². The van der Waals surface area contributed by atoms with Gasteiger partial charge in [0.25, 0.3) is 0 Å². The summed E-state index contributed by atoms with van der Waals surface area (Å²) in [6, 6.07) is 5.73. The van der Waals surface area contributed by atoms with E-state index in [2.05, 4.69) is 0 Å².